The lowest BCUT2D eigenvalue weighted by molar-refractivity contribution is -0.133. The Labute approximate surface area is 241 Å². The summed E-state index contributed by atoms with van der Waals surface area (Å²) < 4.78 is 19.5. The molecule has 0 radical (unpaired) electrons. The Balaban J connectivity index is 1.71. The molecule has 40 heavy (non-hydrogen) atoms. The molecule has 2 N–H and O–H groups in total. The van der Waals surface area contributed by atoms with E-state index in [2.05, 4.69) is 36.6 Å². The third kappa shape index (κ3) is 5.91. The summed E-state index contributed by atoms with van der Waals surface area (Å²) in [7, 11) is 1.52. The van der Waals surface area contributed by atoms with E-state index in [1.807, 2.05) is 45.9 Å². The minimum atomic E-state index is -0.644. The van der Waals surface area contributed by atoms with Crippen LogP contribution in [-0.2, 0) is 9.59 Å². The van der Waals surface area contributed by atoms with Gasteiger partial charge in [-0.15, -0.1) is 0 Å². The van der Waals surface area contributed by atoms with E-state index in [4.69, 9.17) is 14.2 Å². The van der Waals surface area contributed by atoms with Gasteiger partial charge in [-0.2, -0.15) is 10.1 Å². The Bertz CT molecular complexity index is 1420. The number of anilines is 2. The second-order valence-corrected chi connectivity index (χ2v) is 9.72. The van der Waals surface area contributed by atoms with Crippen LogP contribution in [0.3, 0.4) is 0 Å². The number of ether oxygens (including phenoxy) is 3. The zero-order valence-corrected chi connectivity index (χ0v) is 24.7. The van der Waals surface area contributed by atoms with Gasteiger partial charge < -0.3 is 29.7 Å². The molecule has 212 valence electrons. The van der Waals surface area contributed by atoms with Crippen molar-refractivity contribution in [3.8, 4) is 17.2 Å². The molecular weight excluding hydrogens is 580 g/mol. The highest BCUT2D eigenvalue weighted by molar-refractivity contribution is 9.10. The number of nitrogens with one attached hydrogen (secondary N) is 2. The molecule has 0 aliphatic carbocycles. The Kier molecular flexibility index (Phi) is 9.30. The monoisotopic (exact) mass is 612 g/mol. The topological polar surface area (TPSA) is 120 Å². The SMILES string of the molecule is CCOc1ccccc1NC(=O)C1=C(C)Nc2ncnn2C1c1cc(Br)c(OCC(=O)N(CC)CC)c(OC)c1. The molecule has 0 saturated heterocycles. The third-order valence-corrected chi connectivity index (χ3v) is 7.09. The molecule has 12 heteroatoms. The van der Waals surface area contributed by atoms with Gasteiger partial charge in [-0.1, -0.05) is 12.1 Å². The Hall–Kier alpha value is -4.06. The quantitative estimate of drug-likeness (QED) is 0.322. The van der Waals surface area contributed by atoms with Gasteiger partial charge in [0.05, 0.1) is 29.4 Å². The first-order valence-electron chi connectivity index (χ1n) is 13.0. The van der Waals surface area contributed by atoms with Crippen molar-refractivity contribution in [2.75, 3.05) is 44.0 Å². The summed E-state index contributed by atoms with van der Waals surface area (Å²) >= 11 is 3.59. The first-order chi connectivity index (χ1) is 19.3. The van der Waals surface area contributed by atoms with Crippen LogP contribution in [0.15, 0.2) is 58.5 Å². The summed E-state index contributed by atoms with van der Waals surface area (Å²) in [6.07, 6.45) is 1.43. The highest BCUT2D eigenvalue weighted by Crippen LogP contribution is 2.43. The van der Waals surface area contributed by atoms with Crippen molar-refractivity contribution < 1.29 is 23.8 Å². The standard InChI is InChI=1S/C28H33BrN6O5/c1-6-34(7-2)23(36)15-40-26-19(29)13-18(14-22(26)38-5)25-24(17(4)32-28-30-16-31-35(25)28)27(37)33-20-11-9-10-12-21(20)39-8-3/h9-14,16,25H,6-8,15H2,1-5H3,(H,33,37)(H,30,31,32). The zero-order chi connectivity index (χ0) is 28.8. The van der Waals surface area contributed by atoms with Crippen LogP contribution >= 0.6 is 15.9 Å². The molecule has 2 heterocycles. The number of para-hydroxylation sites is 2. The number of carbonyl (C=O) groups excluding carboxylic acids is 2. The summed E-state index contributed by atoms with van der Waals surface area (Å²) in [6, 6.07) is 10.2. The number of fused-ring (bicyclic) bond motifs is 1. The van der Waals surface area contributed by atoms with Crippen molar-refractivity contribution in [2.45, 2.75) is 33.7 Å². The van der Waals surface area contributed by atoms with Gasteiger partial charge in [0, 0.05) is 18.8 Å². The molecule has 3 aromatic rings. The maximum Gasteiger partial charge on any atom is 0.260 e. The lowest BCUT2D eigenvalue weighted by atomic mass is 9.94. The summed E-state index contributed by atoms with van der Waals surface area (Å²) in [5, 5.41) is 10.6. The molecule has 2 aromatic carbocycles. The maximum absolute atomic E-state index is 13.8. The fourth-order valence-electron chi connectivity index (χ4n) is 4.57. The second-order valence-electron chi connectivity index (χ2n) is 8.87. The van der Waals surface area contributed by atoms with E-state index in [9.17, 15) is 9.59 Å². The van der Waals surface area contributed by atoms with E-state index >= 15 is 0 Å². The number of hydrogen-bond donors (Lipinski definition) is 2. The minimum absolute atomic E-state index is 0.126. The molecule has 0 spiro atoms. The first-order valence-corrected chi connectivity index (χ1v) is 13.8. The molecule has 2 amide bonds. The van der Waals surface area contributed by atoms with Crippen LogP contribution in [-0.4, -0.2) is 64.9 Å². The van der Waals surface area contributed by atoms with Crippen molar-refractivity contribution in [3.05, 3.63) is 64.0 Å². The molecule has 1 aliphatic rings. The van der Waals surface area contributed by atoms with Gasteiger partial charge in [-0.25, -0.2) is 4.68 Å². The number of halogens is 1. The largest absolute Gasteiger partial charge is 0.493 e. The maximum atomic E-state index is 13.8. The Morgan fingerprint density at radius 1 is 1.12 bits per heavy atom. The van der Waals surface area contributed by atoms with E-state index < -0.39 is 6.04 Å². The van der Waals surface area contributed by atoms with Crippen LogP contribution in [0.4, 0.5) is 11.6 Å². The van der Waals surface area contributed by atoms with Gasteiger partial charge in [0.25, 0.3) is 11.8 Å². The minimum Gasteiger partial charge on any atom is -0.493 e. The van der Waals surface area contributed by atoms with Crippen molar-refractivity contribution in [3.63, 3.8) is 0 Å². The summed E-state index contributed by atoms with van der Waals surface area (Å²) in [5.74, 6) is 1.40. The first kappa shape index (κ1) is 28.9. The van der Waals surface area contributed by atoms with Crippen LogP contribution in [0, 0.1) is 0 Å². The number of allylic oxidation sites excluding steroid dienone is 1. The molecule has 1 atom stereocenters. The average molecular weight is 614 g/mol. The molecular formula is C28H33BrN6O5. The van der Waals surface area contributed by atoms with Crippen LogP contribution in [0.2, 0.25) is 0 Å². The molecule has 11 nitrogen and oxygen atoms in total. The molecule has 4 rings (SSSR count). The van der Waals surface area contributed by atoms with Gasteiger partial charge >= 0.3 is 0 Å². The van der Waals surface area contributed by atoms with E-state index in [1.165, 1.54) is 13.4 Å². The number of methoxy groups -OCH3 is 1. The number of nitrogens with zero attached hydrogens (tertiary/aromatic N) is 4. The van der Waals surface area contributed by atoms with E-state index in [0.29, 0.717) is 69.9 Å². The number of aromatic nitrogens is 3. The van der Waals surface area contributed by atoms with Crippen molar-refractivity contribution in [2.24, 2.45) is 0 Å². The number of carbonyl (C=O) groups is 2. The fraction of sp³-hybridized carbons (Fsp3) is 0.357. The molecule has 0 bridgehead atoms. The third-order valence-electron chi connectivity index (χ3n) is 6.50. The molecule has 1 unspecified atom stereocenters. The number of rotatable bonds is 11. The molecule has 0 saturated carbocycles. The fourth-order valence-corrected chi connectivity index (χ4v) is 5.15. The van der Waals surface area contributed by atoms with Gasteiger partial charge in [-0.05, 0) is 73.5 Å². The highest BCUT2D eigenvalue weighted by Gasteiger charge is 2.35. The molecule has 1 aromatic heterocycles. The van der Waals surface area contributed by atoms with Gasteiger partial charge in [0.15, 0.2) is 18.1 Å². The van der Waals surface area contributed by atoms with Gasteiger partial charge in [-0.3, -0.25) is 9.59 Å². The summed E-state index contributed by atoms with van der Waals surface area (Å²) in [6.45, 7) is 9.06. The van der Waals surface area contributed by atoms with Crippen molar-refractivity contribution in [1.82, 2.24) is 19.7 Å². The zero-order valence-electron chi connectivity index (χ0n) is 23.2. The lowest BCUT2D eigenvalue weighted by Crippen LogP contribution is -2.34. The molecule has 0 fully saturated rings. The second kappa shape index (κ2) is 12.9. The number of amides is 2. The molecule has 1 aliphatic heterocycles. The van der Waals surface area contributed by atoms with E-state index in [-0.39, 0.29) is 18.4 Å². The Morgan fingerprint density at radius 3 is 2.58 bits per heavy atom. The van der Waals surface area contributed by atoms with Crippen LogP contribution in [0.1, 0.15) is 39.3 Å². The Morgan fingerprint density at radius 2 is 1.88 bits per heavy atom. The van der Waals surface area contributed by atoms with Gasteiger partial charge in [0.2, 0.25) is 5.95 Å². The van der Waals surface area contributed by atoms with Crippen molar-refractivity contribution in [1.29, 1.82) is 0 Å². The predicted molar refractivity (Wildman–Crippen MR) is 155 cm³/mol. The van der Waals surface area contributed by atoms with Crippen molar-refractivity contribution >= 4 is 39.4 Å². The van der Waals surface area contributed by atoms with E-state index in [0.717, 1.165) is 0 Å². The number of hydrogen-bond acceptors (Lipinski definition) is 8. The predicted octanol–water partition coefficient (Wildman–Crippen LogP) is 4.62. The highest BCUT2D eigenvalue weighted by atomic mass is 79.9. The van der Waals surface area contributed by atoms with Gasteiger partial charge in [0.1, 0.15) is 18.1 Å². The van der Waals surface area contributed by atoms with E-state index in [1.54, 1.807) is 27.8 Å². The number of benzene rings is 2. The normalized spacial score (nSPS) is 14.2. The average Bonchev–Trinajstić information content (AvgIpc) is 3.41. The summed E-state index contributed by atoms with van der Waals surface area (Å²) in [4.78, 5) is 32.4. The van der Waals surface area contributed by atoms with Crippen LogP contribution in [0.5, 0.6) is 17.2 Å². The van der Waals surface area contributed by atoms with Crippen LogP contribution in [0.25, 0.3) is 0 Å². The number of likely N-dealkylation sites (N-methyl/N-ethyl adjacent to an activating group) is 1. The summed E-state index contributed by atoms with van der Waals surface area (Å²) in [5.41, 5.74) is 2.31. The lowest BCUT2D eigenvalue weighted by Gasteiger charge is -2.29. The smallest absolute Gasteiger partial charge is 0.260 e. The van der Waals surface area contributed by atoms with Crippen LogP contribution < -0.4 is 24.8 Å².